The minimum Gasteiger partial charge on any atom is -0.339 e. The van der Waals surface area contributed by atoms with Gasteiger partial charge in [-0.1, -0.05) is 32.9 Å². The topological polar surface area (TPSA) is 64.9 Å². The van der Waals surface area contributed by atoms with Crippen LogP contribution in [-0.4, -0.2) is 10.1 Å². The van der Waals surface area contributed by atoms with E-state index in [-0.39, 0.29) is 10.8 Å². The fraction of sp³-hybridized carbons (Fsp3) is 0.800. The van der Waals surface area contributed by atoms with Crippen LogP contribution in [0.2, 0.25) is 0 Å². The molecule has 0 radical (unpaired) electrons. The van der Waals surface area contributed by atoms with Crippen LogP contribution in [0.1, 0.15) is 45.3 Å². The molecule has 0 spiro atoms. The Bertz CT molecular complexity index is 340. The maximum Gasteiger partial charge on any atom is 0.230 e. The minimum atomic E-state index is 0.241. The van der Waals surface area contributed by atoms with Crippen molar-refractivity contribution in [2.75, 3.05) is 0 Å². The van der Waals surface area contributed by atoms with Crippen LogP contribution in [-0.2, 0) is 6.54 Å². The maximum absolute atomic E-state index is 5.43. The highest BCUT2D eigenvalue weighted by atomic mass is 16.5. The highest BCUT2D eigenvalue weighted by Gasteiger charge is 2.67. The summed E-state index contributed by atoms with van der Waals surface area (Å²) < 4.78 is 5.21. The van der Waals surface area contributed by atoms with Crippen molar-refractivity contribution in [1.29, 1.82) is 0 Å². The second-order valence-electron chi connectivity index (χ2n) is 5.13. The Hall–Kier alpha value is -0.900. The van der Waals surface area contributed by atoms with E-state index < -0.39 is 0 Å². The van der Waals surface area contributed by atoms with E-state index in [1.807, 2.05) is 0 Å². The summed E-state index contributed by atoms with van der Waals surface area (Å²) in [5.41, 5.74) is 5.92. The molecule has 2 N–H and O–H groups in total. The van der Waals surface area contributed by atoms with Gasteiger partial charge in [0.05, 0.1) is 6.54 Å². The molecule has 1 heterocycles. The molecular formula is C10H17N3O. The van der Waals surface area contributed by atoms with Crippen molar-refractivity contribution < 1.29 is 4.52 Å². The highest BCUT2D eigenvalue weighted by molar-refractivity contribution is 5.24. The molecule has 78 valence electrons. The zero-order chi connectivity index (χ0) is 10.6. The molecule has 4 heteroatoms. The Morgan fingerprint density at radius 2 is 1.86 bits per heavy atom. The monoisotopic (exact) mass is 195 g/mol. The Labute approximate surface area is 83.9 Å². The van der Waals surface area contributed by atoms with Crippen molar-refractivity contribution in [3.05, 3.63) is 11.7 Å². The Balaban J connectivity index is 2.27. The molecule has 14 heavy (non-hydrogen) atoms. The lowest BCUT2D eigenvalue weighted by molar-refractivity contribution is 0.361. The standard InChI is InChI=1S/C10H17N3O/c1-9(2)7(10(9,3)4)8-12-6(5-11)13-14-8/h7H,5,11H2,1-4H3. The Morgan fingerprint density at radius 1 is 1.29 bits per heavy atom. The zero-order valence-corrected chi connectivity index (χ0v) is 9.16. The van der Waals surface area contributed by atoms with E-state index in [0.29, 0.717) is 18.3 Å². The number of rotatable bonds is 2. The van der Waals surface area contributed by atoms with Crippen LogP contribution < -0.4 is 5.73 Å². The van der Waals surface area contributed by atoms with Crippen molar-refractivity contribution in [2.24, 2.45) is 16.6 Å². The molecule has 1 aromatic heterocycles. The van der Waals surface area contributed by atoms with Crippen molar-refractivity contribution in [3.8, 4) is 0 Å². The first-order valence-electron chi connectivity index (χ1n) is 4.94. The largest absolute Gasteiger partial charge is 0.339 e. The second kappa shape index (κ2) is 2.57. The first kappa shape index (κ1) is 9.65. The van der Waals surface area contributed by atoms with E-state index in [2.05, 4.69) is 37.8 Å². The summed E-state index contributed by atoms with van der Waals surface area (Å²) in [4.78, 5) is 4.28. The van der Waals surface area contributed by atoms with Gasteiger partial charge in [-0.05, 0) is 10.8 Å². The lowest BCUT2D eigenvalue weighted by atomic mass is 10.0. The first-order valence-corrected chi connectivity index (χ1v) is 4.94. The van der Waals surface area contributed by atoms with Gasteiger partial charge in [0, 0.05) is 5.92 Å². The third-order valence-corrected chi connectivity index (χ3v) is 3.93. The van der Waals surface area contributed by atoms with Crippen LogP contribution in [0.25, 0.3) is 0 Å². The smallest absolute Gasteiger partial charge is 0.230 e. The van der Waals surface area contributed by atoms with Crippen molar-refractivity contribution in [1.82, 2.24) is 10.1 Å². The van der Waals surface area contributed by atoms with Gasteiger partial charge in [-0.15, -0.1) is 0 Å². The van der Waals surface area contributed by atoms with Gasteiger partial charge in [-0.2, -0.15) is 4.98 Å². The fourth-order valence-corrected chi connectivity index (χ4v) is 2.28. The van der Waals surface area contributed by atoms with E-state index in [1.165, 1.54) is 0 Å². The van der Waals surface area contributed by atoms with E-state index >= 15 is 0 Å². The van der Waals surface area contributed by atoms with Gasteiger partial charge in [0.15, 0.2) is 5.82 Å². The van der Waals surface area contributed by atoms with E-state index in [4.69, 9.17) is 10.3 Å². The van der Waals surface area contributed by atoms with Crippen LogP contribution in [0, 0.1) is 10.8 Å². The second-order valence-corrected chi connectivity index (χ2v) is 5.13. The average Bonchev–Trinajstić information content (AvgIpc) is 2.51. The Morgan fingerprint density at radius 3 is 2.21 bits per heavy atom. The van der Waals surface area contributed by atoms with Crippen LogP contribution in [0.3, 0.4) is 0 Å². The molecule has 1 fully saturated rings. The molecule has 0 atom stereocenters. The minimum absolute atomic E-state index is 0.241. The summed E-state index contributed by atoms with van der Waals surface area (Å²) in [5, 5.41) is 3.82. The summed E-state index contributed by atoms with van der Waals surface area (Å²) in [6.07, 6.45) is 0. The molecule has 1 aliphatic rings. The number of hydrogen-bond donors (Lipinski definition) is 1. The normalized spacial score (nSPS) is 23.8. The van der Waals surface area contributed by atoms with Gasteiger partial charge < -0.3 is 10.3 Å². The molecule has 0 aromatic carbocycles. The summed E-state index contributed by atoms with van der Waals surface area (Å²) in [7, 11) is 0. The number of hydrogen-bond acceptors (Lipinski definition) is 4. The van der Waals surface area contributed by atoms with E-state index in [0.717, 1.165) is 5.89 Å². The molecule has 0 amide bonds. The number of nitrogens with two attached hydrogens (primary N) is 1. The average molecular weight is 195 g/mol. The van der Waals surface area contributed by atoms with E-state index in [9.17, 15) is 0 Å². The lowest BCUT2D eigenvalue weighted by Gasteiger charge is -2.03. The number of nitrogens with zero attached hydrogens (tertiary/aromatic N) is 2. The molecule has 1 saturated carbocycles. The molecule has 4 nitrogen and oxygen atoms in total. The molecule has 0 bridgehead atoms. The van der Waals surface area contributed by atoms with Gasteiger partial charge in [0.1, 0.15) is 0 Å². The third kappa shape index (κ3) is 1.03. The van der Waals surface area contributed by atoms with Crippen molar-refractivity contribution >= 4 is 0 Å². The maximum atomic E-state index is 5.43. The molecule has 0 saturated heterocycles. The summed E-state index contributed by atoms with van der Waals surface area (Å²) in [6.45, 7) is 9.25. The zero-order valence-electron chi connectivity index (χ0n) is 9.16. The van der Waals surface area contributed by atoms with Crippen LogP contribution >= 0.6 is 0 Å². The van der Waals surface area contributed by atoms with Gasteiger partial charge >= 0.3 is 0 Å². The molecular weight excluding hydrogens is 178 g/mol. The van der Waals surface area contributed by atoms with Crippen LogP contribution in [0.15, 0.2) is 4.52 Å². The van der Waals surface area contributed by atoms with Gasteiger partial charge in [-0.3, -0.25) is 0 Å². The van der Waals surface area contributed by atoms with Crippen molar-refractivity contribution in [2.45, 2.75) is 40.2 Å². The molecule has 1 aromatic rings. The molecule has 0 unspecified atom stereocenters. The van der Waals surface area contributed by atoms with Crippen LogP contribution in [0.5, 0.6) is 0 Å². The highest BCUT2D eigenvalue weighted by Crippen LogP contribution is 2.73. The summed E-state index contributed by atoms with van der Waals surface area (Å²) in [5.74, 6) is 1.70. The summed E-state index contributed by atoms with van der Waals surface area (Å²) in [6, 6.07) is 0. The number of aromatic nitrogens is 2. The predicted octanol–water partition coefficient (Wildman–Crippen LogP) is 1.68. The quantitative estimate of drug-likeness (QED) is 0.779. The van der Waals surface area contributed by atoms with Crippen molar-refractivity contribution in [3.63, 3.8) is 0 Å². The molecule has 2 rings (SSSR count). The van der Waals surface area contributed by atoms with Crippen LogP contribution in [0.4, 0.5) is 0 Å². The van der Waals surface area contributed by atoms with Gasteiger partial charge in [0.25, 0.3) is 0 Å². The van der Waals surface area contributed by atoms with Gasteiger partial charge in [-0.25, -0.2) is 0 Å². The SMILES string of the molecule is CC1(C)C(c2nc(CN)no2)C1(C)C. The van der Waals surface area contributed by atoms with Gasteiger partial charge in [0.2, 0.25) is 5.89 Å². The Kier molecular flexibility index (Phi) is 1.77. The first-order chi connectivity index (χ1) is 6.41. The molecule has 1 aliphatic carbocycles. The summed E-state index contributed by atoms with van der Waals surface area (Å²) >= 11 is 0. The lowest BCUT2D eigenvalue weighted by Crippen LogP contribution is -1.98. The fourth-order valence-electron chi connectivity index (χ4n) is 2.28. The molecule has 0 aliphatic heterocycles. The third-order valence-electron chi connectivity index (χ3n) is 3.93. The predicted molar refractivity (Wildman–Crippen MR) is 52.5 cm³/mol. The van der Waals surface area contributed by atoms with E-state index in [1.54, 1.807) is 0 Å².